The van der Waals surface area contributed by atoms with Crippen molar-refractivity contribution in [3.63, 3.8) is 0 Å². The van der Waals surface area contributed by atoms with Crippen LogP contribution in [-0.2, 0) is 12.1 Å². The molecule has 0 saturated heterocycles. The number of hydrogen-bond donors (Lipinski definition) is 1. The minimum Gasteiger partial charge on any atom is -0.377 e. The molecule has 7 heteroatoms. The summed E-state index contributed by atoms with van der Waals surface area (Å²) in [7, 11) is 0. The summed E-state index contributed by atoms with van der Waals surface area (Å²) < 4.78 is 6.37. The van der Waals surface area contributed by atoms with Gasteiger partial charge >= 0.3 is 0 Å². The molecule has 0 spiro atoms. The molecule has 0 fully saturated rings. The number of nitrogens with zero attached hydrogens (tertiary/aromatic N) is 4. The first-order chi connectivity index (χ1) is 9.68. The Kier molecular flexibility index (Phi) is 3.25. The summed E-state index contributed by atoms with van der Waals surface area (Å²) >= 11 is 5.89. The van der Waals surface area contributed by atoms with E-state index in [9.17, 15) is 5.11 Å². The summed E-state index contributed by atoms with van der Waals surface area (Å²) in [5.41, 5.74) is -0.327. The van der Waals surface area contributed by atoms with Crippen molar-refractivity contribution in [3.05, 3.63) is 65.5 Å². The fourth-order valence-corrected chi connectivity index (χ4v) is 2.15. The van der Waals surface area contributed by atoms with Crippen LogP contribution < -0.4 is 0 Å². The van der Waals surface area contributed by atoms with Gasteiger partial charge in [-0.05, 0) is 17.7 Å². The highest BCUT2D eigenvalue weighted by atomic mass is 35.5. The van der Waals surface area contributed by atoms with E-state index in [2.05, 4.69) is 15.2 Å². The summed E-state index contributed by atoms with van der Waals surface area (Å²) in [5, 5.41) is 19.5. The Balaban J connectivity index is 2.05. The summed E-state index contributed by atoms with van der Waals surface area (Å²) in [6.45, 7) is 0.168. The maximum atomic E-state index is 11.1. The van der Waals surface area contributed by atoms with E-state index < -0.39 is 5.60 Å². The van der Waals surface area contributed by atoms with Gasteiger partial charge in [0.2, 0.25) is 0 Å². The van der Waals surface area contributed by atoms with E-state index in [1.54, 1.807) is 30.3 Å². The van der Waals surface area contributed by atoms with Gasteiger partial charge in [0, 0.05) is 11.1 Å². The average molecular weight is 291 g/mol. The van der Waals surface area contributed by atoms with Gasteiger partial charge in [0.05, 0.1) is 6.54 Å². The molecule has 0 amide bonds. The fourth-order valence-electron chi connectivity index (χ4n) is 2.02. The monoisotopic (exact) mass is 290 g/mol. The molecule has 6 nitrogen and oxygen atoms in total. The molecule has 0 radical (unpaired) electrons. The molecule has 1 atom stereocenters. The number of aromatic nitrogens is 4. The van der Waals surface area contributed by atoms with Crippen LogP contribution in [0.4, 0.5) is 0 Å². The van der Waals surface area contributed by atoms with Crippen LogP contribution in [0, 0.1) is 0 Å². The van der Waals surface area contributed by atoms with Crippen molar-refractivity contribution >= 4 is 11.6 Å². The molecule has 102 valence electrons. The summed E-state index contributed by atoms with van der Waals surface area (Å²) in [6, 6.07) is 8.53. The van der Waals surface area contributed by atoms with Crippen LogP contribution in [0.3, 0.4) is 0 Å². The van der Waals surface area contributed by atoms with E-state index in [1.165, 1.54) is 23.6 Å². The molecular formula is C13H11ClN4O2. The van der Waals surface area contributed by atoms with Crippen LogP contribution in [0.2, 0.25) is 5.02 Å². The van der Waals surface area contributed by atoms with Gasteiger partial charge < -0.3 is 9.63 Å². The van der Waals surface area contributed by atoms with Gasteiger partial charge in [-0.2, -0.15) is 5.10 Å². The zero-order valence-electron chi connectivity index (χ0n) is 10.3. The third-order valence-corrected chi connectivity index (χ3v) is 3.29. The Hall–Kier alpha value is -2.18. The van der Waals surface area contributed by atoms with Crippen LogP contribution >= 0.6 is 11.6 Å². The van der Waals surface area contributed by atoms with Gasteiger partial charge in [-0.1, -0.05) is 28.9 Å². The zero-order valence-corrected chi connectivity index (χ0v) is 11.1. The maximum absolute atomic E-state index is 11.1. The topological polar surface area (TPSA) is 77.0 Å². The van der Waals surface area contributed by atoms with Gasteiger partial charge in [-0.25, -0.2) is 9.67 Å². The van der Waals surface area contributed by atoms with Crippen LogP contribution in [0.1, 0.15) is 11.3 Å². The molecule has 0 aliphatic rings. The predicted molar refractivity (Wildman–Crippen MR) is 71.0 cm³/mol. The summed E-state index contributed by atoms with van der Waals surface area (Å²) in [4.78, 5) is 3.87. The van der Waals surface area contributed by atoms with E-state index in [0.29, 0.717) is 16.3 Å². The van der Waals surface area contributed by atoms with Gasteiger partial charge in [0.1, 0.15) is 24.6 Å². The van der Waals surface area contributed by atoms with E-state index in [1.807, 2.05) is 0 Å². The largest absolute Gasteiger partial charge is 0.377 e. The lowest BCUT2D eigenvalue weighted by Gasteiger charge is -2.26. The fraction of sp³-hybridized carbons (Fsp3) is 0.154. The lowest BCUT2D eigenvalue weighted by Crippen LogP contribution is -2.33. The molecule has 1 N–H and O–H groups in total. The average Bonchev–Trinajstić information content (AvgIpc) is 3.12. The molecule has 0 bridgehead atoms. The lowest BCUT2D eigenvalue weighted by molar-refractivity contribution is 0.0496. The molecule has 0 aliphatic heterocycles. The molecule has 1 unspecified atom stereocenters. The minimum absolute atomic E-state index is 0.168. The number of benzene rings is 1. The van der Waals surface area contributed by atoms with Crippen molar-refractivity contribution in [1.29, 1.82) is 0 Å². The SMILES string of the molecule is OC(Cn1cncn1)(c1ccc(Cl)cc1)c1ccon1. The second-order valence-corrected chi connectivity index (χ2v) is 4.78. The Morgan fingerprint density at radius 1 is 1.25 bits per heavy atom. The first-order valence-electron chi connectivity index (χ1n) is 5.90. The molecule has 2 aromatic heterocycles. The highest BCUT2D eigenvalue weighted by Gasteiger charge is 2.35. The smallest absolute Gasteiger partial charge is 0.154 e. The Morgan fingerprint density at radius 2 is 2.05 bits per heavy atom. The summed E-state index contributed by atoms with van der Waals surface area (Å²) in [6.07, 6.45) is 4.35. The zero-order chi connectivity index (χ0) is 14.0. The van der Waals surface area contributed by atoms with Crippen molar-refractivity contribution in [2.24, 2.45) is 0 Å². The molecular weight excluding hydrogens is 280 g/mol. The van der Waals surface area contributed by atoms with Crippen LogP contribution in [0.15, 0.2) is 53.8 Å². The van der Waals surface area contributed by atoms with E-state index in [-0.39, 0.29) is 6.54 Å². The Morgan fingerprint density at radius 3 is 2.65 bits per heavy atom. The standard InChI is InChI=1S/C13H11ClN4O2/c14-11-3-1-10(2-4-11)13(19,12-5-6-20-17-12)7-18-9-15-8-16-18/h1-6,8-9,19H,7H2. The van der Waals surface area contributed by atoms with Crippen molar-refractivity contribution in [3.8, 4) is 0 Å². The van der Waals surface area contributed by atoms with Gasteiger partial charge in [-0.3, -0.25) is 0 Å². The Labute approximate surface area is 119 Å². The maximum Gasteiger partial charge on any atom is 0.154 e. The van der Waals surface area contributed by atoms with Crippen molar-refractivity contribution in [1.82, 2.24) is 19.9 Å². The van der Waals surface area contributed by atoms with Gasteiger partial charge in [-0.15, -0.1) is 0 Å². The third-order valence-electron chi connectivity index (χ3n) is 3.04. The molecule has 0 aliphatic carbocycles. The molecule has 3 rings (SSSR count). The Bertz CT molecular complexity index is 667. The van der Waals surface area contributed by atoms with Gasteiger partial charge in [0.25, 0.3) is 0 Å². The second-order valence-electron chi connectivity index (χ2n) is 4.34. The van der Waals surface area contributed by atoms with E-state index >= 15 is 0 Å². The molecule has 20 heavy (non-hydrogen) atoms. The third kappa shape index (κ3) is 2.31. The highest BCUT2D eigenvalue weighted by molar-refractivity contribution is 6.30. The molecule has 1 aromatic carbocycles. The summed E-state index contributed by atoms with van der Waals surface area (Å²) in [5.74, 6) is 0. The molecule has 2 heterocycles. The highest BCUT2D eigenvalue weighted by Crippen LogP contribution is 2.30. The van der Waals surface area contributed by atoms with E-state index in [4.69, 9.17) is 16.1 Å². The molecule has 3 aromatic rings. The van der Waals surface area contributed by atoms with Crippen LogP contribution in [-0.4, -0.2) is 25.0 Å². The van der Waals surface area contributed by atoms with Gasteiger partial charge in [0.15, 0.2) is 5.60 Å². The lowest BCUT2D eigenvalue weighted by atomic mass is 9.90. The van der Waals surface area contributed by atoms with Crippen LogP contribution in [0.25, 0.3) is 0 Å². The number of hydrogen-bond acceptors (Lipinski definition) is 5. The van der Waals surface area contributed by atoms with Crippen molar-refractivity contribution in [2.45, 2.75) is 12.1 Å². The number of aliphatic hydroxyl groups is 1. The van der Waals surface area contributed by atoms with Crippen molar-refractivity contribution in [2.75, 3.05) is 0 Å². The first kappa shape index (κ1) is 12.8. The quantitative estimate of drug-likeness (QED) is 0.793. The number of rotatable bonds is 4. The van der Waals surface area contributed by atoms with E-state index in [0.717, 1.165) is 0 Å². The minimum atomic E-state index is -1.37. The normalized spacial score (nSPS) is 14.1. The van der Waals surface area contributed by atoms with Crippen molar-refractivity contribution < 1.29 is 9.63 Å². The second kappa shape index (κ2) is 5.07. The molecule has 0 saturated carbocycles. The first-order valence-corrected chi connectivity index (χ1v) is 6.28. The predicted octanol–water partition coefficient (Wildman–Crippen LogP) is 1.86. The van der Waals surface area contributed by atoms with Crippen LogP contribution in [0.5, 0.6) is 0 Å². The number of halogens is 1.